The summed E-state index contributed by atoms with van der Waals surface area (Å²) >= 11 is 0. The Labute approximate surface area is 114 Å². The average molecular weight is 271 g/mol. The number of carbonyl (C=O) groups is 1. The largest absolute Gasteiger partial charge is 0.444 e. The normalized spacial score (nSPS) is 26.7. The second-order valence-electron chi connectivity index (χ2n) is 6.71. The number of carbonyl (C=O) groups excluding carboxylic acids is 1. The van der Waals surface area contributed by atoms with E-state index in [1.165, 1.54) is 0 Å². The van der Waals surface area contributed by atoms with E-state index in [1.807, 2.05) is 20.8 Å². The lowest BCUT2D eigenvalue weighted by atomic mass is 9.86. The summed E-state index contributed by atoms with van der Waals surface area (Å²) in [5.74, 6) is 0.257. The SMILES string of the molecule is CC(C)(C)OC(=O)N1CCC2(CC1)C[C@@H](CO)CO2. The second kappa shape index (κ2) is 5.29. The van der Waals surface area contributed by atoms with Crippen molar-refractivity contribution in [3.05, 3.63) is 0 Å². The van der Waals surface area contributed by atoms with E-state index < -0.39 is 5.60 Å². The lowest BCUT2D eigenvalue weighted by Gasteiger charge is -2.39. The van der Waals surface area contributed by atoms with Crippen molar-refractivity contribution in [1.29, 1.82) is 0 Å². The Morgan fingerprint density at radius 3 is 2.53 bits per heavy atom. The number of piperidine rings is 1. The minimum Gasteiger partial charge on any atom is -0.444 e. The van der Waals surface area contributed by atoms with Crippen molar-refractivity contribution >= 4 is 6.09 Å². The zero-order valence-corrected chi connectivity index (χ0v) is 12.1. The molecule has 2 fully saturated rings. The van der Waals surface area contributed by atoms with Crippen LogP contribution in [0.4, 0.5) is 4.79 Å². The number of nitrogens with zero attached hydrogens (tertiary/aromatic N) is 1. The Morgan fingerprint density at radius 2 is 2.05 bits per heavy atom. The van der Waals surface area contributed by atoms with Crippen LogP contribution in [0.5, 0.6) is 0 Å². The van der Waals surface area contributed by atoms with Gasteiger partial charge in [0.15, 0.2) is 0 Å². The summed E-state index contributed by atoms with van der Waals surface area (Å²) in [6, 6.07) is 0. The highest BCUT2D eigenvalue weighted by Gasteiger charge is 2.43. The van der Waals surface area contributed by atoms with Gasteiger partial charge in [0.1, 0.15) is 5.60 Å². The molecule has 2 aliphatic rings. The van der Waals surface area contributed by atoms with Crippen LogP contribution in [0.15, 0.2) is 0 Å². The molecule has 0 aliphatic carbocycles. The van der Waals surface area contributed by atoms with Crippen LogP contribution in [0.1, 0.15) is 40.0 Å². The lowest BCUT2D eigenvalue weighted by molar-refractivity contribution is -0.0487. The van der Waals surface area contributed by atoms with Gasteiger partial charge in [-0.15, -0.1) is 0 Å². The highest BCUT2D eigenvalue weighted by molar-refractivity contribution is 5.68. The van der Waals surface area contributed by atoms with Gasteiger partial charge in [0.2, 0.25) is 0 Å². The van der Waals surface area contributed by atoms with Gasteiger partial charge in [-0.2, -0.15) is 0 Å². The standard InChI is InChI=1S/C14H25NO4/c1-13(2,3)19-12(17)15-6-4-14(5-7-15)8-11(9-16)10-18-14/h11,16H,4-10H2,1-3H3/t11-/m0/s1. The first-order valence-corrected chi connectivity index (χ1v) is 7.06. The van der Waals surface area contributed by atoms with Crippen LogP contribution >= 0.6 is 0 Å². The zero-order chi connectivity index (χ0) is 14.1. The molecule has 1 N–H and O–H groups in total. The topological polar surface area (TPSA) is 59.0 Å². The van der Waals surface area contributed by atoms with E-state index in [4.69, 9.17) is 9.47 Å². The Morgan fingerprint density at radius 1 is 1.42 bits per heavy atom. The van der Waals surface area contributed by atoms with E-state index >= 15 is 0 Å². The van der Waals surface area contributed by atoms with Crippen molar-refractivity contribution in [2.24, 2.45) is 5.92 Å². The molecule has 0 saturated carbocycles. The van der Waals surface area contributed by atoms with Gasteiger partial charge in [-0.05, 0) is 40.0 Å². The summed E-state index contributed by atoms with van der Waals surface area (Å²) in [6.07, 6.45) is 2.34. The summed E-state index contributed by atoms with van der Waals surface area (Å²) in [7, 11) is 0. The van der Waals surface area contributed by atoms with Crippen molar-refractivity contribution < 1.29 is 19.4 Å². The van der Waals surface area contributed by atoms with Gasteiger partial charge in [0.25, 0.3) is 0 Å². The molecule has 2 rings (SSSR count). The lowest BCUT2D eigenvalue weighted by Crippen LogP contribution is -2.47. The molecule has 2 aliphatic heterocycles. The number of likely N-dealkylation sites (tertiary alicyclic amines) is 1. The molecule has 1 atom stereocenters. The molecule has 1 amide bonds. The van der Waals surface area contributed by atoms with Crippen LogP contribution in [0.2, 0.25) is 0 Å². The highest BCUT2D eigenvalue weighted by Crippen LogP contribution is 2.38. The van der Waals surface area contributed by atoms with Gasteiger partial charge in [-0.25, -0.2) is 4.79 Å². The summed E-state index contributed by atoms with van der Waals surface area (Å²) in [5, 5.41) is 9.18. The van der Waals surface area contributed by atoms with Crippen molar-refractivity contribution in [3.8, 4) is 0 Å². The Hall–Kier alpha value is -0.810. The van der Waals surface area contributed by atoms with Crippen LogP contribution < -0.4 is 0 Å². The molecule has 0 aromatic heterocycles. The monoisotopic (exact) mass is 271 g/mol. The second-order valence-corrected chi connectivity index (χ2v) is 6.71. The third kappa shape index (κ3) is 3.60. The Bertz CT molecular complexity index is 329. The molecule has 0 aromatic carbocycles. The van der Waals surface area contributed by atoms with Crippen LogP contribution in [0.25, 0.3) is 0 Å². The number of amides is 1. The van der Waals surface area contributed by atoms with E-state index in [1.54, 1.807) is 4.90 Å². The number of rotatable bonds is 1. The molecular formula is C14H25NO4. The van der Waals surface area contributed by atoms with Crippen LogP contribution in [-0.2, 0) is 9.47 Å². The number of hydrogen-bond donors (Lipinski definition) is 1. The fourth-order valence-electron chi connectivity index (χ4n) is 2.83. The summed E-state index contributed by atoms with van der Waals surface area (Å²) in [4.78, 5) is 13.7. The minimum absolute atomic E-state index is 0.119. The van der Waals surface area contributed by atoms with Gasteiger partial charge in [-0.3, -0.25) is 0 Å². The molecule has 0 bridgehead atoms. The fraction of sp³-hybridized carbons (Fsp3) is 0.929. The smallest absolute Gasteiger partial charge is 0.410 e. The maximum Gasteiger partial charge on any atom is 0.410 e. The van der Waals surface area contributed by atoms with Gasteiger partial charge < -0.3 is 19.5 Å². The van der Waals surface area contributed by atoms with E-state index in [0.29, 0.717) is 19.7 Å². The van der Waals surface area contributed by atoms with Crippen LogP contribution in [0.3, 0.4) is 0 Å². The molecule has 19 heavy (non-hydrogen) atoms. The predicted octanol–water partition coefficient (Wildman–Crippen LogP) is 1.78. The Balaban J connectivity index is 1.84. The molecule has 2 saturated heterocycles. The Kier molecular flexibility index (Phi) is 4.06. The summed E-state index contributed by atoms with van der Waals surface area (Å²) in [6.45, 7) is 7.81. The zero-order valence-electron chi connectivity index (χ0n) is 12.1. The molecule has 5 heteroatoms. The van der Waals surface area contributed by atoms with Gasteiger partial charge in [0, 0.05) is 25.6 Å². The molecule has 0 aromatic rings. The molecule has 0 unspecified atom stereocenters. The molecule has 110 valence electrons. The van der Waals surface area contributed by atoms with Gasteiger partial charge in [0.05, 0.1) is 12.2 Å². The van der Waals surface area contributed by atoms with E-state index in [2.05, 4.69) is 0 Å². The highest BCUT2D eigenvalue weighted by atomic mass is 16.6. The summed E-state index contributed by atoms with van der Waals surface area (Å²) < 4.78 is 11.3. The first-order chi connectivity index (χ1) is 8.84. The molecule has 0 radical (unpaired) electrons. The van der Waals surface area contributed by atoms with Gasteiger partial charge >= 0.3 is 6.09 Å². The molecule has 2 heterocycles. The van der Waals surface area contributed by atoms with E-state index in [-0.39, 0.29) is 24.2 Å². The average Bonchev–Trinajstić information content (AvgIpc) is 2.71. The van der Waals surface area contributed by atoms with Crippen LogP contribution in [-0.4, -0.2) is 53.6 Å². The van der Waals surface area contributed by atoms with E-state index in [9.17, 15) is 9.90 Å². The maximum absolute atomic E-state index is 12.0. The van der Waals surface area contributed by atoms with Crippen molar-refractivity contribution in [1.82, 2.24) is 4.90 Å². The molecular weight excluding hydrogens is 246 g/mol. The first kappa shape index (κ1) is 14.6. The van der Waals surface area contributed by atoms with Crippen molar-refractivity contribution in [2.45, 2.75) is 51.2 Å². The summed E-state index contributed by atoms with van der Waals surface area (Å²) in [5.41, 5.74) is -0.566. The number of aliphatic hydroxyl groups excluding tert-OH is 1. The predicted molar refractivity (Wildman–Crippen MR) is 70.9 cm³/mol. The third-order valence-electron chi connectivity index (χ3n) is 3.87. The van der Waals surface area contributed by atoms with Crippen molar-refractivity contribution in [3.63, 3.8) is 0 Å². The quantitative estimate of drug-likeness (QED) is 0.790. The van der Waals surface area contributed by atoms with Gasteiger partial charge in [-0.1, -0.05) is 0 Å². The maximum atomic E-state index is 12.0. The number of ether oxygens (including phenoxy) is 2. The first-order valence-electron chi connectivity index (χ1n) is 7.06. The fourth-order valence-corrected chi connectivity index (χ4v) is 2.83. The number of hydrogen-bond acceptors (Lipinski definition) is 4. The molecule has 1 spiro atoms. The van der Waals surface area contributed by atoms with E-state index in [0.717, 1.165) is 19.3 Å². The third-order valence-corrected chi connectivity index (χ3v) is 3.87. The van der Waals surface area contributed by atoms with Crippen molar-refractivity contribution in [2.75, 3.05) is 26.3 Å². The number of aliphatic hydroxyl groups is 1. The molecule has 5 nitrogen and oxygen atoms in total. The minimum atomic E-state index is -0.446. The van der Waals surface area contributed by atoms with Crippen LogP contribution in [0, 0.1) is 5.92 Å².